The number of nitrogens with zero attached hydrogens (tertiary/aromatic N) is 3. The number of rotatable bonds is 4. The first kappa shape index (κ1) is 25.8. The van der Waals surface area contributed by atoms with Crippen LogP contribution < -0.4 is 0 Å². The van der Waals surface area contributed by atoms with E-state index in [4.69, 9.17) is 15.0 Å². The van der Waals surface area contributed by atoms with Crippen molar-refractivity contribution < 1.29 is 0 Å². The molecule has 0 unspecified atom stereocenters. The molecule has 0 amide bonds. The molecule has 0 aliphatic heterocycles. The van der Waals surface area contributed by atoms with E-state index in [2.05, 4.69) is 127 Å². The Hall–Kier alpha value is -5.71. The summed E-state index contributed by atoms with van der Waals surface area (Å²) in [6.45, 7) is 0. The van der Waals surface area contributed by atoms with Gasteiger partial charge in [0.15, 0.2) is 17.5 Å². The molecule has 2 heterocycles. The van der Waals surface area contributed by atoms with Gasteiger partial charge in [-0.25, -0.2) is 15.0 Å². The van der Waals surface area contributed by atoms with Crippen LogP contribution >= 0.6 is 11.3 Å². The molecule has 0 aliphatic rings. The van der Waals surface area contributed by atoms with Gasteiger partial charge in [0.25, 0.3) is 0 Å². The zero-order valence-corrected chi connectivity index (χ0v) is 25.0. The van der Waals surface area contributed by atoms with Crippen LogP contribution in [-0.4, -0.2) is 15.0 Å². The summed E-state index contributed by atoms with van der Waals surface area (Å²) in [6.07, 6.45) is 0. The highest BCUT2D eigenvalue weighted by molar-refractivity contribution is 7.26. The summed E-state index contributed by atoms with van der Waals surface area (Å²) in [6, 6.07) is 53.3. The van der Waals surface area contributed by atoms with Crippen molar-refractivity contribution in [1.29, 1.82) is 0 Å². The predicted octanol–water partition coefficient (Wildman–Crippen LogP) is 11.2. The van der Waals surface area contributed by atoms with Crippen molar-refractivity contribution in [3.05, 3.63) is 152 Å². The van der Waals surface area contributed by atoms with Gasteiger partial charge in [0.05, 0.1) is 0 Å². The number of aromatic nitrogens is 3. The standard InChI is InChI=1S/C41H25N3S/c1-3-10-26(11-4-1)27-18-21-30(22-19-27)40-42-39(29-13-5-2-6-14-29)43-41(44-40)33-16-9-17-36-38(33)35-25-34-31(24-37(35)45-36)23-20-28-12-7-8-15-32(28)34/h1-25H. The summed E-state index contributed by atoms with van der Waals surface area (Å²) in [4.78, 5) is 15.2. The van der Waals surface area contributed by atoms with Gasteiger partial charge in [-0.3, -0.25) is 0 Å². The van der Waals surface area contributed by atoms with Gasteiger partial charge in [0.1, 0.15) is 0 Å². The van der Waals surface area contributed by atoms with Gasteiger partial charge in [-0.15, -0.1) is 11.3 Å². The zero-order valence-electron chi connectivity index (χ0n) is 24.2. The molecule has 0 aliphatic carbocycles. The first-order chi connectivity index (χ1) is 22.3. The van der Waals surface area contributed by atoms with Gasteiger partial charge < -0.3 is 0 Å². The summed E-state index contributed by atoms with van der Waals surface area (Å²) >= 11 is 1.82. The maximum absolute atomic E-state index is 5.13. The van der Waals surface area contributed by atoms with E-state index in [1.54, 1.807) is 0 Å². The number of hydrogen-bond acceptors (Lipinski definition) is 4. The molecule has 210 valence electrons. The Morgan fingerprint density at radius 3 is 1.73 bits per heavy atom. The molecule has 3 nitrogen and oxygen atoms in total. The van der Waals surface area contributed by atoms with E-state index in [0.29, 0.717) is 17.5 Å². The second-order valence-electron chi connectivity index (χ2n) is 11.3. The number of benzene rings is 7. The molecule has 2 aromatic heterocycles. The van der Waals surface area contributed by atoms with Crippen LogP contribution in [0.4, 0.5) is 0 Å². The molecule has 0 radical (unpaired) electrons. The first-order valence-electron chi connectivity index (χ1n) is 15.0. The minimum Gasteiger partial charge on any atom is -0.208 e. The third kappa shape index (κ3) is 4.46. The van der Waals surface area contributed by atoms with Crippen molar-refractivity contribution in [2.75, 3.05) is 0 Å². The fourth-order valence-electron chi connectivity index (χ4n) is 6.30. The van der Waals surface area contributed by atoms with Crippen molar-refractivity contribution in [2.24, 2.45) is 0 Å². The molecule has 7 aromatic carbocycles. The van der Waals surface area contributed by atoms with Gasteiger partial charge in [-0.05, 0) is 50.9 Å². The zero-order chi connectivity index (χ0) is 29.7. The Morgan fingerprint density at radius 1 is 0.356 bits per heavy atom. The fraction of sp³-hybridized carbons (Fsp3) is 0. The molecular formula is C41H25N3S. The molecule has 9 aromatic rings. The van der Waals surface area contributed by atoms with Gasteiger partial charge in [0, 0.05) is 36.9 Å². The lowest BCUT2D eigenvalue weighted by Gasteiger charge is -2.10. The average molecular weight is 592 g/mol. The average Bonchev–Trinajstić information content (AvgIpc) is 3.49. The van der Waals surface area contributed by atoms with Crippen LogP contribution in [0.1, 0.15) is 0 Å². The Morgan fingerprint density at radius 2 is 0.956 bits per heavy atom. The largest absolute Gasteiger partial charge is 0.208 e. The van der Waals surface area contributed by atoms with E-state index in [-0.39, 0.29) is 0 Å². The topological polar surface area (TPSA) is 38.7 Å². The highest BCUT2D eigenvalue weighted by atomic mass is 32.1. The van der Waals surface area contributed by atoms with Crippen LogP contribution in [0, 0.1) is 0 Å². The van der Waals surface area contributed by atoms with Crippen LogP contribution in [0.3, 0.4) is 0 Å². The number of hydrogen-bond donors (Lipinski definition) is 0. The van der Waals surface area contributed by atoms with Crippen molar-refractivity contribution in [3.8, 4) is 45.3 Å². The van der Waals surface area contributed by atoms with Crippen LogP contribution in [0.5, 0.6) is 0 Å². The van der Waals surface area contributed by atoms with Gasteiger partial charge >= 0.3 is 0 Å². The Labute approximate surface area is 264 Å². The third-order valence-electron chi connectivity index (χ3n) is 8.52. The first-order valence-corrected chi connectivity index (χ1v) is 15.8. The Kier molecular flexibility index (Phi) is 6.00. The Bertz CT molecular complexity index is 2520. The smallest absolute Gasteiger partial charge is 0.164 e. The Balaban J connectivity index is 1.27. The van der Waals surface area contributed by atoms with E-state index in [0.717, 1.165) is 22.3 Å². The maximum Gasteiger partial charge on any atom is 0.164 e. The molecule has 4 heteroatoms. The van der Waals surface area contributed by atoms with Crippen LogP contribution in [-0.2, 0) is 0 Å². The molecular weight excluding hydrogens is 567 g/mol. The third-order valence-corrected chi connectivity index (χ3v) is 9.64. The van der Waals surface area contributed by atoms with Crippen molar-refractivity contribution in [2.45, 2.75) is 0 Å². The summed E-state index contributed by atoms with van der Waals surface area (Å²) < 4.78 is 2.48. The summed E-state index contributed by atoms with van der Waals surface area (Å²) in [5.74, 6) is 2.00. The molecule has 9 rings (SSSR count). The quantitative estimate of drug-likeness (QED) is 0.191. The minimum absolute atomic E-state index is 0.659. The van der Waals surface area contributed by atoms with E-state index in [9.17, 15) is 0 Å². The lowest BCUT2D eigenvalue weighted by Crippen LogP contribution is -2.00. The highest BCUT2D eigenvalue weighted by Crippen LogP contribution is 2.42. The van der Waals surface area contributed by atoms with Crippen LogP contribution in [0.2, 0.25) is 0 Å². The molecule has 0 fully saturated rings. The van der Waals surface area contributed by atoms with Crippen molar-refractivity contribution in [3.63, 3.8) is 0 Å². The minimum atomic E-state index is 0.659. The highest BCUT2D eigenvalue weighted by Gasteiger charge is 2.18. The lowest BCUT2D eigenvalue weighted by molar-refractivity contribution is 1.08. The number of fused-ring (bicyclic) bond motifs is 6. The molecule has 0 saturated carbocycles. The van der Waals surface area contributed by atoms with Crippen LogP contribution in [0.25, 0.3) is 87.0 Å². The fourth-order valence-corrected chi connectivity index (χ4v) is 7.46. The van der Waals surface area contributed by atoms with Gasteiger partial charge in [0.2, 0.25) is 0 Å². The summed E-state index contributed by atoms with van der Waals surface area (Å²) in [7, 11) is 0. The van der Waals surface area contributed by atoms with Crippen molar-refractivity contribution in [1.82, 2.24) is 15.0 Å². The maximum atomic E-state index is 5.13. The van der Waals surface area contributed by atoms with E-state index < -0.39 is 0 Å². The van der Waals surface area contributed by atoms with Gasteiger partial charge in [-0.1, -0.05) is 133 Å². The second-order valence-corrected chi connectivity index (χ2v) is 12.3. The molecule has 0 spiro atoms. The summed E-state index contributed by atoms with van der Waals surface area (Å²) in [5, 5.41) is 7.43. The number of thiophene rings is 1. The monoisotopic (exact) mass is 591 g/mol. The van der Waals surface area contributed by atoms with Crippen molar-refractivity contribution >= 4 is 53.1 Å². The molecule has 0 saturated heterocycles. The molecule has 0 bridgehead atoms. The molecule has 0 atom stereocenters. The van der Waals surface area contributed by atoms with E-state index in [1.165, 1.54) is 47.3 Å². The lowest BCUT2D eigenvalue weighted by atomic mass is 9.98. The second kappa shape index (κ2) is 10.5. The molecule has 0 N–H and O–H groups in total. The van der Waals surface area contributed by atoms with E-state index >= 15 is 0 Å². The normalized spacial score (nSPS) is 11.6. The molecule has 45 heavy (non-hydrogen) atoms. The van der Waals surface area contributed by atoms with E-state index in [1.807, 2.05) is 35.6 Å². The SMILES string of the molecule is c1ccc(-c2ccc(-c3nc(-c4ccccc4)nc(-c4cccc5sc6cc7ccc8ccccc8c7cc6c45)n3)cc2)cc1. The predicted molar refractivity (Wildman–Crippen MR) is 189 cm³/mol. The van der Waals surface area contributed by atoms with Gasteiger partial charge in [-0.2, -0.15) is 0 Å². The van der Waals surface area contributed by atoms with Crippen LogP contribution in [0.15, 0.2) is 152 Å². The summed E-state index contributed by atoms with van der Waals surface area (Å²) in [5.41, 5.74) is 5.27.